The van der Waals surface area contributed by atoms with Crippen molar-refractivity contribution < 1.29 is 29.0 Å². The topological polar surface area (TPSA) is 113 Å². The number of hydrogen-bond donors (Lipinski definition) is 2. The van der Waals surface area contributed by atoms with E-state index in [1.165, 1.54) is 6.92 Å². The number of amides is 2. The molecule has 1 fully saturated rings. The standard InChI is InChI=1S/C19H24N2O6/c1-3-27-19(26)14-8-10-21(11-9-14)17(23)13-4-6-15(7-5-13)20-16(22)12(2)18(24)25/h4-7,12,14H,3,8-11H2,1-2H3,(H,20,22)(H,24,25). The third-order valence-electron chi connectivity index (χ3n) is 4.57. The highest BCUT2D eigenvalue weighted by atomic mass is 16.5. The third-order valence-corrected chi connectivity index (χ3v) is 4.57. The van der Waals surface area contributed by atoms with Crippen LogP contribution in [-0.4, -0.2) is 53.5 Å². The van der Waals surface area contributed by atoms with Crippen molar-refractivity contribution in [2.45, 2.75) is 26.7 Å². The Kier molecular flexibility index (Phi) is 6.92. The first-order valence-electron chi connectivity index (χ1n) is 8.93. The van der Waals surface area contributed by atoms with Gasteiger partial charge in [-0.15, -0.1) is 0 Å². The van der Waals surface area contributed by atoms with Gasteiger partial charge in [-0.25, -0.2) is 0 Å². The van der Waals surface area contributed by atoms with Crippen LogP contribution >= 0.6 is 0 Å². The van der Waals surface area contributed by atoms with Gasteiger partial charge in [0.15, 0.2) is 0 Å². The van der Waals surface area contributed by atoms with Gasteiger partial charge >= 0.3 is 11.9 Å². The molecule has 1 aliphatic heterocycles. The zero-order valence-electron chi connectivity index (χ0n) is 15.4. The van der Waals surface area contributed by atoms with Gasteiger partial charge in [0.25, 0.3) is 5.91 Å². The smallest absolute Gasteiger partial charge is 0.315 e. The van der Waals surface area contributed by atoms with Crippen LogP contribution in [0.4, 0.5) is 5.69 Å². The first-order valence-corrected chi connectivity index (χ1v) is 8.93. The predicted octanol–water partition coefficient (Wildman–Crippen LogP) is 1.76. The second-order valence-corrected chi connectivity index (χ2v) is 6.45. The molecule has 0 bridgehead atoms. The molecule has 1 aromatic carbocycles. The summed E-state index contributed by atoms with van der Waals surface area (Å²) in [5, 5.41) is 11.3. The molecule has 146 valence electrons. The van der Waals surface area contributed by atoms with Crippen LogP contribution in [0.5, 0.6) is 0 Å². The molecule has 27 heavy (non-hydrogen) atoms. The Labute approximate surface area is 157 Å². The number of benzene rings is 1. The number of esters is 1. The van der Waals surface area contributed by atoms with Crippen molar-refractivity contribution in [2.75, 3.05) is 25.0 Å². The maximum atomic E-state index is 12.6. The van der Waals surface area contributed by atoms with E-state index in [-0.39, 0.29) is 17.8 Å². The van der Waals surface area contributed by atoms with Gasteiger partial charge in [-0.05, 0) is 51.0 Å². The zero-order chi connectivity index (χ0) is 20.0. The number of rotatable bonds is 6. The summed E-state index contributed by atoms with van der Waals surface area (Å²) in [6, 6.07) is 6.29. The molecule has 8 nitrogen and oxygen atoms in total. The predicted molar refractivity (Wildman–Crippen MR) is 97.1 cm³/mol. The highest BCUT2D eigenvalue weighted by Gasteiger charge is 2.28. The largest absolute Gasteiger partial charge is 0.481 e. The number of anilines is 1. The molecule has 0 aliphatic carbocycles. The minimum absolute atomic E-state index is 0.144. The fourth-order valence-electron chi connectivity index (χ4n) is 2.82. The Balaban J connectivity index is 1.92. The lowest BCUT2D eigenvalue weighted by Gasteiger charge is -2.31. The Hall–Kier alpha value is -2.90. The lowest BCUT2D eigenvalue weighted by Crippen LogP contribution is -2.40. The number of nitrogens with one attached hydrogen (secondary N) is 1. The van der Waals surface area contributed by atoms with Crippen molar-refractivity contribution >= 4 is 29.4 Å². The SMILES string of the molecule is CCOC(=O)C1CCN(C(=O)c2ccc(NC(=O)C(C)C(=O)O)cc2)CC1. The fraction of sp³-hybridized carbons (Fsp3) is 0.474. The van der Waals surface area contributed by atoms with Gasteiger partial charge in [0.2, 0.25) is 5.91 Å². The molecule has 0 spiro atoms. The Morgan fingerprint density at radius 1 is 1.19 bits per heavy atom. The van der Waals surface area contributed by atoms with E-state index in [0.717, 1.165) is 0 Å². The molecule has 0 aromatic heterocycles. The summed E-state index contributed by atoms with van der Waals surface area (Å²) in [4.78, 5) is 48.6. The molecule has 1 atom stereocenters. The molecule has 2 rings (SSSR count). The molecule has 1 aromatic rings. The van der Waals surface area contributed by atoms with Crippen LogP contribution in [0.3, 0.4) is 0 Å². The van der Waals surface area contributed by atoms with Gasteiger partial charge in [0, 0.05) is 24.3 Å². The maximum absolute atomic E-state index is 12.6. The Morgan fingerprint density at radius 3 is 2.30 bits per heavy atom. The van der Waals surface area contributed by atoms with Crippen molar-refractivity contribution in [3.05, 3.63) is 29.8 Å². The molecule has 1 saturated heterocycles. The minimum Gasteiger partial charge on any atom is -0.481 e. The van der Waals surface area contributed by atoms with E-state index in [4.69, 9.17) is 9.84 Å². The Bertz CT molecular complexity index is 707. The number of carbonyl (C=O) groups is 4. The quantitative estimate of drug-likeness (QED) is 0.578. The maximum Gasteiger partial charge on any atom is 0.315 e. The van der Waals surface area contributed by atoms with Gasteiger partial charge in [-0.3, -0.25) is 19.2 Å². The van der Waals surface area contributed by atoms with Crippen LogP contribution in [0.2, 0.25) is 0 Å². The number of nitrogens with zero attached hydrogens (tertiary/aromatic N) is 1. The molecule has 8 heteroatoms. The number of ether oxygens (including phenoxy) is 1. The Morgan fingerprint density at radius 2 is 1.78 bits per heavy atom. The van der Waals surface area contributed by atoms with Gasteiger partial charge in [0.05, 0.1) is 12.5 Å². The second kappa shape index (κ2) is 9.16. The second-order valence-electron chi connectivity index (χ2n) is 6.45. The van der Waals surface area contributed by atoms with E-state index in [1.54, 1.807) is 36.1 Å². The molecule has 0 radical (unpaired) electrons. The fourth-order valence-corrected chi connectivity index (χ4v) is 2.82. The van der Waals surface area contributed by atoms with Crippen molar-refractivity contribution in [1.82, 2.24) is 4.90 Å². The van der Waals surface area contributed by atoms with Crippen LogP contribution in [0, 0.1) is 11.8 Å². The van der Waals surface area contributed by atoms with E-state index < -0.39 is 17.8 Å². The summed E-state index contributed by atoms with van der Waals surface area (Å²) in [5.74, 6) is -3.50. The van der Waals surface area contributed by atoms with E-state index >= 15 is 0 Å². The summed E-state index contributed by atoms with van der Waals surface area (Å²) in [6.45, 7) is 4.39. The van der Waals surface area contributed by atoms with Gasteiger partial charge in [-0.2, -0.15) is 0 Å². The van der Waals surface area contributed by atoms with Crippen molar-refractivity contribution in [2.24, 2.45) is 11.8 Å². The third kappa shape index (κ3) is 5.29. The first-order chi connectivity index (χ1) is 12.8. The van der Waals surface area contributed by atoms with Crippen LogP contribution in [0.15, 0.2) is 24.3 Å². The number of piperidine rings is 1. The summed E-state index contributed by atoms with van der Waals surface area (Å²) in [5.41, 5.74) is 0.888. The number of hydrogen-bond acceptors (Lipinski definition) is 5. The zero-order valence-corrected chi connectivity index (χ0v) is 15.4. The average Bonchev–Trinajstić information content (AvgIpc) is 2.67. The highest BCUT2D eigenvalue weighted by molar-refractivity contribution is 6.04. The summed E-state index contributed by atoms with van der Waals surface area (Å²) >= 11 is 0. The van der Waals surface area contributed by atoms with Crippen molar-refractivity contribution in [3.63, 3.8) is 0 Å². The normalized spacial score (nSPS) is 15.7. The van der Waals surface area contributed by atoms with Crippen molar-refractivity contribution in [1.29, 1.82) is 0 Å². The van der Waals surface area contributed by atoms with E-state index in [1.807, 2.05) is 0 Å². The van der Waals surface area contributed by atoms with Crippen LogP contribution in [-0.2, 0) is 19.1 Å². The molecule has 2 N–H and O–H groups in total. The van der Waals surface area contributed by atoms with Gasteiger partial charge in [-0.1, -0.05) is 0 Å². The lowest BCUT2D eigenvalue weighted by atomic mass is 9.96. The number of carboxylic acids is 1. The van der Waals surface area contributed by atoms with Crippen LogP contribution < -0.4 is 5.32 Å². The molecular weight excluding hydrogens is 352 g/mol. The summed E-state index contributed by atoms with van der Waals surface area (Å²) in [6.07, 6.45) is 1.15. The number of aliphatic carboxylic acids is 1. The molecule has 1 aliphatic rings. The van der Waals surface area contributed by atoms with Crippen LogP contribution in [0.25, 0.3) is 0 Å². The van der Waals surface area contributed by atoms with Gasteiger partial charge in [0.1, 0.15) is 5.92 Å². The van der Waals surface area contributed by atoms with Crippen molar-refractivity contribution in [3.8, 4) is 0 Å². The number of likely N-dealkylation sites (tertiary alicyclic amines) is 1. The monoisotopic (exact) mass is 376 g/mol. The first kappa shape index (κ1) is 20.4. The molecule has 1 unspecified atom stereocenters. The number of carboxylic acid groups (broad SMARTS) is 1. The van der Waals surface area contributed by atoms with E-state index in [0.29, 0.717) is 43.8 Å². The lowest BCUT2D eigenvalue weighted by molar-refractivity contribution is -0.149. The highest BCUT2D eigenvalue weighted by Crippen LogP contribution is 2.21. The average molecular weight is 376 g/mol. The molecular formula is C19H24N2O6. The minimum atomic E-state index is -1.20. The van der Waals surface area contributed by atoms with E-state index in [9.17, 15) is 19.2 Å². The summed E-state index contributed by atoms with van der Waals surface area (Å²) in [7, 11) is 0. The molecule has 2 amide bonds. The van der Waals surface area contributed by atoms with E-state index in [2.05, 4.69) is 5.32 Å². The van der Waals surface area contributed by atoms with Crippen LogP contribution in [0.1, 0.15) is 37.0 Å². The molecule has 1 heterocycles. The number of carbonyl (C=O) groups excluding carboxylic acids is 3. The molecule has 0 saturated carbocycles. The summed E-state index contributed by atoms with van der Waals surface area (Å²) < 4.78 is 5.02. The van der Waals surface area contributed by atoms with Gasteiger partial charge < -0.3 is 20.1 Å².